The molecule has 2 unspecified atom stereocenters. The Bertz CT molecular complexity index is 413. The molecule has 1 aliphatic heterocycles. The van der Waals surface area contributed by atoms with Gasteiger partial charge in [0.1, 0.15) is 5.82 Å². The molecule has 1 saturated heterocycles. The van der Waals surface area contributed by atoms with E-state index in [1.165, 1.54) is 11.6 Å². The summed E-state index contributed by atoms with van der Waals surface area (Å²) in [6.07, 6.45) is 0.497. The maximum atomic E-state index is 13.1. The highest BCUT2D eigenvalue weighted by Crippen LogP contribution is 2.18. The van der Waals surface area contributed by atoms with Crippen molar-refractivity contribution >= 4 is 15.9 Å². The Morgan fingerprint density at radius 1 is 1.44 bits per heavy atom. The first-order valence-corrected chi connectivity index (χ1v) is 7.39. The fourth-order valence-electron chi connectivity index (χ4n) is 2.43. The monoisotopic (exact) mass is 315 g/mol. The van der Waals surface area contributed by atoms with Crippen LogP contribution >= 0.6 is 15.9 Å². The molecule has 0 N–H and O–H groups in total. The van der Waals surface area contributed by atoms with E-state index >= 15 is 0 Å². The van der Waals surface area contributed by atoms with Gasteiger partial charge < -0.3 is 4.74 Å². The molecule has 1 heterocycles. The van der Waals surface area contributed by atoms with E-state index in [2.05, 4.69) is 27.8 Å². The number of halogens is 2. The third-order valence-corrected chi connectivity index (χ3v) is 3.99. The number of benzene rings is 1. The minimum Gasteiger partial charge on any atom is -0.372 e. The average Bonchev–Trinajstić information content (AvgIpc) is 2.32. The summed E-state index contributed by atoms with van der Waals surface area (Å²) in [6.45, 7) is 6.78. The lowest BCUT2D eigenvalue weighted by molar-refractivity contribution is -0.0678. The summed E-state index contributed by atoms with van der Waals surface area (Å²) in [4.78, 5) is 2.38. The van der Waals surface area contributed by atoms with Crippen LogP contribution in [0.2, 0.25) is 0 Å². The van der Waals surface area contributed by atoms with Crippen LogP contribution in [0, 0.1) is 12.7 Å². The van der Waals surface area contributed by atoms with E-state index in [-0.39, 0.29) is 18.0 Å². The molecule has 0 bridgehead atoms. The minimum absolute atomic E-state index is 0.162. The van der Waals surface area contributed by atoms with Crippen molar-refractivity contribution in [3.8, 4) is 0 Å². The van der Waals surface area contributed by atoms with E-state index in [4.69, 9.17) is 4.74 Å². The second-order valence-corrected chi connectivity index (χ2v) is 5.64. The Labute approximate surface area is 116 Å². The smallest absolute Gasteiger partial charge is 0.123 e. The second-order valence-electron chi connectivity index (χ2n) is 4.99. The summed E-state index contributed by atoms with van der Waals surface area (Å²) < 4.78 is 18.9. The average molecular weight is 316 g/mol. The van der Waals surface area contributed by atoms with E-state index < -0.39 is 0 Å². The van der Waals surface area contributed by atoms with Gasteiger partial charge >= 0.3 is 0 Å². The minimum atomic E-state index is -0.162. The molecule has 18 heavy (non-hydrogen) atoms. The van der Waals surface area contributed by atoms with Gasteiger partial charge in [-0.25, -0.2) is 4.39 Å². The van der Waals surface area contributed by atoms with Crippen LogP contribution in [-0.2, 0) is 11.3 Å². The standard InChI is InChI=1S/C14H19BrFNO/c1-10-5-13(16)4-3-12(10)8-17-7-11(2)18-14(6-15)9-17/h3-5,11,14H,6-9H2,1-2H3. The lowest BCUT2D eigenvalue weighted by Gasteiger charge is -2.36. The summed E-state index contributed by atoms with van der Waals surface area (Å²) in [6, 6.07) is 5.02. The van der Waals surface area contributed by atoms with Crippen LogP contribution in [0.5, 0.6) is 0 Å². The molecule has 1 aliphatic rings. The van der Waals surface area contributed by atoms with Gasteiger partial charge in [0.05, 0.1) is 12.2 Å². The number of nitrogens with zero attached hydrogens (tertiary/aromatic N) is 1. The van der Waals surface area contributed by atoms with Crippen LogP contribution in [0.25, 0.3) is 0 Å². The highest BCUT2D eigenvalue weighted by atomic mass is 79.9. The molecule has 0 amide bonds. The number of morpholine rings is 1. The van der Waals surface area contributed by atoms with Crippen molar-refractivity contribution in [2.24, 2.45) is 0 Å². The van der Waals surface area contributed by atoms with Crippen molar-refractivity contribution in [3.05, 3.63) is 35.1 Å². The normalized spacial score (nSPS) is 25.3. The molecule has 2 nitrogen and oxygen atoms in total. The molecule has 1 fully saturated rings. The number of aryl methyl sites for hydroxylation is 1. The van der Waals surface area contributed by atoms with E-state index in [1.54, 1.807) is 6.07 Å². The van der Waals surface area contributed by atoms with Gasteiger partial charge in [0.25, 0.3) is 0 Å². The molecule has 4 heteroatoms. The molecule has 0 aromatic heterocycles. The second kappa shape index (κ2) is 6.13. The predicted molar refractivity (Wildman–Crippen MR) is 74.5 cm³/mol. The molecule has 1 aromatic rings. The molecular formula is C14H19BrFNO. The highest BCUT2D eigenvalue weighted by molar-refractivity contribution is 9.09. The molecule has 0 saturated carbocycles. The van der Waals surface area contributed by atoms with Crippen LogP contribution in [0.15, 0.2) is 18.2 Å². The summed E-state index contributed by atoms with van der Waals surface area (Å²) in [5.41, 5.74) is 2.21. The molecule has 0 spiro atoms. The van der Waals surface area contributed by atoms with Gasteiger partial charge in [0.2, 0.25) is 0 Å². The van der Waals surface area contributed by atoms with Crippen molar-refractivity contribution in [2.75, 3.05) is 18.4 Å². The third-order valence-electron chi connectivity index (χ3n) is 3.27. The number of ether oxygens (including phenoxy) is 1. The number of hydrogen-bond donors (Lipinski definition) is 0. The number of rotatable bonds is 3. The van der Waals surface area contributed by atoms with Crippen LogP contribution in [-0.4, -0.2) is 35.5 Å². The van der Waals surface area contributed by atoms with E-state index in [0.717, 1.165) is 30.5 Å². The Morgan fingerprint density at radius 3 is 2.89 bits per heavy atom. The quantitative estimate of drug-likeness (QED) is 0.795. The topological polar surface area (TPSA) is 12.5 Å². The van der Waals surface area contributed by atoms with Crippen molar-refractivity contribution in [2.45, 2.75) is 32.6 Å². The van der Waals surface area contributed by atoms with Crippen LogP contribution in [0.1, 0.15) is 18.1 Å². The first-order chi connectivity index (χ1) is 8.58. The van der Waals surface area contributed by atoms with Crippen LogP contribution < -0.4 is 0 Å². The first kappa shape index (κ1) is 14.0. The highest BCUT2D eigenvalue weighted by Gasteiger charge is 2.24. The van der Waals surface area contributed by atoms with Crippen LogP contribution in [0.3, 0.4) is 0 Å². The molecular weight excluding hydrogens is 297 g/mol. The summed E-state index contributed by atoms with van der Waals surface area (Å²) >= 11 is 3.47. The van der Waals surface area contributed by atoms with Crippen molar-refractivity contribution in [1.82, 2.24) is 4.90 Å². The lowest BCUT2D eigenvalue weighted by atomic mass is 10.1. The zero-order valence-electron chi connectivity index (χ0n) is 10.8. The van der Waals surface area contributed by atoms with Crippen molar-refractivity contribution in [1.29, 1.82) is 0 Å². The SMILES string of the molecule is Cc1cc(F)ccc1CN1CC(C)OC(CBr)C1. The van der Waals surface area contributed by atoms with Gasteiger partial charge in [-0.3, -0.25) is 4.90 Å². The number of hydrogen-bond acceptors (Lipinski definition) is 2. The molecule has 0 aliphatic carbocycles. The predicted octanol–water partition coefficient (Wildman–Crippen LogP) is 3.12. The van der Waals surface area contributed by atoms with Gasteiger partial charge in [-0.1, -0.05) is 22.0 Å². The number of alkyl halides is 1. The Balaban J connectivity index is 2.04. The molecule has 2 atom stereocenters. The zero-order chi connectivity index (χ0) is 13.1. The van der Waals surface area contributed by atoms with Gasteiger partial charge in [-0.15, -0.1) is 0 Å². The summed E-state index contributed by atoms with van der Waals surface area (Å²) in [7, 11) is 0. The van der Waals surface area contributed by atoms with Crippen LogP contribution in [0.4, 0.5) is 4.39 Å². The third kappa shape index (κ3) is 3.53. The van der Waals surface area contributed by atoms with E-state index in [9.17, 15) is 4.39 Å². The Morgan fingerprint density at radius 2 is 2.22 bits per heavy atom. The fourth-order valence-corrected chi connectivity index (χ4v) is 2.79. The van der Waals surface area contributed by atoms with Crippen molar-refractivity contribution in [3.63, 3.8) is 0 Å². The maximum absolute atomic E-state index is 13.1. The summed E-state index contributed by atoms with van der Waals surface area (Å²) in [5.74, 6) is -0.162. The Kier molecular flexibility index (Phi) is 4.76. The summed E-state index contributed by atoms with van der Waals surface area (Å²) in [5, 5.41) is 0.857. The molecule has 100 valence electrons. The van der Waals surface area contributed by atoms with Gasteiger partial charge in [-0.05, 0) is 37.1 Å². The first-order valence-electron chi connectivity index (χ1n) is 6.27. The molecule has 1 aromatic carbocycles. The van der Waals surface area contributed by atoms with Crippen molar-refractivity contribution < 1.29 is 9.13 Å². The largest absolute Gasteiger partial charge is 0.372 e. The molecule has 2 rings (SSSR count). The lowest BCUT2D eigenvalue weighted by Crippen LogP contribution is -2.46. The fraction of sp³-hybridized carbons (Fsp3) is 0.571. The van der Waals surface area contributed by atoms with Gasteiger partial charge in [0.15, 0.2) is 0 Å². The van der Waals surface area contributed by atoms with E-state index in [1.807, 2.05) is 13.0 Å². The van der Waals surface area contributed by atoms with Gasteiger partial charge in [0, 0.05) is 25.0 Å². The van der Waals surface area contributed by atoms with E-state index in [0.29, 0.717) is 0 Å². The zero-order valence-corrected chi connectivity index (χ0v) is 12.4. The van der Waals surface area contributed by atoms with Gasteiger partial charge in [-0.2, -0.15) is 0 Å². The maximum Gasteiger partial charge on any atom is 0.123 e. The molecule has 0 radical (unpaired) electrons. The Hall–Kier alpha value is -0.450.